The van der Waals surface area contributed by atoms with Crippen LogP contribution in [0.2, 0.25) is 0 Å². The Kier molecular flexibility index (Phi) is 5.22. The van der Waals surface area contributed by atoms with E-state index < -0.39 is 5.60 Å². The summed E-state index contributed by atoms with van der Waals surface area (Å²) in [6.07, 6.45) is 1.88. The molecule has 1 N–H and O–H groups in total. The molecule has 0 spiro atoms. The first-order chi connectivity index (χ1) is 9.83. The van der Waals surface area contributed by atoms with Gasteiger partial charge in [0.15, 0.2) is 0 Å². The average Bonchev–Trinajstić information content (AvgIpc) is 2.81. The van der Waals surface area contributed by atoms with E-state index in [4.69, 9.17) is 4.74 Å². The third-order valence-electron chi connectivity index (χ3n) is 3.31. The van der Waals surface area contributed by atoms with Crippen LogP contribution in [0.25, 0.3) is 0 Å². The number of amides is 1. The zero-order chi connectivity index (χ0) is 15.5. The minimum Gasteiger partial charge on any atom is -0.444 e. The number of nitrogens with zero attached hydrogens (tertiary/aromatic N) is 2. The molecule has 0 unspecified atom stereocenters. The Hall–Kier alpha value is -1.14. The molecule has 1 aliphatic heterocycles. The highest BCUT2D eigenvalue weighted by Gasteiger charge is 2.27. The second-order valence-electron chi connectivity index (χ2n) is 6.50. The largest absolute Gasteiger partial charge is 0.444 e. The van der Waals surface area contributed by atoms with Gasteiger partial charge in [-0.25, -0.2) is 9.78 Å². The van der Waals surface area contributed by atoms with Gasteiger partial charge in [-0.1, -0.05) is 0 Å². The van der Waals surface area contributed by atoms with Crippen molar-refractivity contribution in [3.05, 3.63) is 16.1 Å². The van der Waals surface area contributed by atoms with E-state index in [1.54, 1.807) is 16.2 Å². The number of nitrogens with one attached hydrogen (secondary N) is 1. The molecule has 0 bridgehead atoms. The van der Waals surface area contributed by atoms with Gasteiger partial charge in [-0.15, -0.1) is 11.3 Å². The number of rotatable bonds is 3. The summed E-state index contributed by atoms with van der Waals surface area (Å²) in [5, 5.41) is 6.66. The number of carbonyl (C=O) groups is 1. The molecule has 0 aliphatic carbocycles. The fourth-order valence-corrected chi connectivity index (χ4v) is 2.99. The van der Waals surface area contributed by atoms with Crippen molar-refractivity contribution in [1.82, 2.24) is 15.2 Å². The maximum absolute atomic E-state index is 12.1. The van der Waals surface area contributed by atoms with Crippen molar-refractivity contribution in [2.24, 2.45) is 0 Å². The molecule has 2 heterocycles. The zero-order valence-corrected chi connectivity index (χ0v) is 14.1. The average molecular weight is 311 g/mol. The maximum Gasteiger partial charge on any atom is 0.410 e. The number of carbonyl (C=O) groups excluding carboxylic acids is 1. The highest BCUT2D eigenvalue weighted by atomic mass is 32.1. The van der Waals surface area contributed by atoms with Gasteiger partial charge in [-0.2, -0.15) is 0 Å². The Morgan fingerprint density at radius 3 is 2.95 bits per heavy atom. The minimum absolute atomic E-state index is 0.210. The Labute approximate surface area is 130 Å². The van der Waals surface area contributed by atoms with Crippen molar-refractivity contribution < 1.29 is 9.53 Å². The third-order valence-corrected chi connectivity index (χ3v) is 4.13. The number of ether oxygens (including phenoxy) is 1. The molecule has 1 atom stereocenters. The molecule has 0 radical (unpaired) electrons. The molecule has 5 nitrogen and oxygen atoms in total. The molecule has 1 aromatic heterocycles. The lowest BCUT2D eigenvalue weighted by atomic mass is 10.1. The number of hydrogen-bond acceptors (Lipinski definition) is 5. The van der Waals surface area contributed by atoms with Crippen LogP contribution in [-0.2, 0) is 11.3 Å². The Bertz CT molecular complexity index is 482. The lowest BCUT2D eigenvalue weighted by molar-refractivity contribution is 0.0187. The van der Waals surface area contributed by atoms with Crippen molar-refractivity contribution in [2.45, 2.75) is 58.7 Å². The molecular weight excluding hydrogens is 286 g/mol. The van der Waals surface area contributed by atoms with E-state index in [1.807, 2.05) is 27.7 Å². The molecule has 1 amide bonds. The van der Waals surface area contributed by atoms with Crippen LogP contribution in [0.15, 0.2) is 5.38 Å². The molecule has 1 aromatic rings. The van der Waals surface area contributed by atoms with E-state index in [-0.39, 0.29) is 6.09 Å². The predicted molar refractivity (Wildman–Crippen MR) is 84.5 cm³/mol. The van der Waals surface area contributed by atoms with Crippen molar-refractivity contribution >= 4 is 17.4 Å². The quantitative estimate of drug-likeness (QED) is 0.932. The Balaban J connectivity index is 1.81. The number of piperidine rings is 1. The van der Waals surface area contributed by atoms with Crippen LogP contribution in [0.5, 0.6) is 0 Å². The monoisotopic (exact) mass is 311 g/mol. The SMILES string of the molecule is Cc1nc(CN[C@H]2CCCN(C(=O)OC(C)(C)C)C2)cs1. The van der Waals surface area contributed by atoms with Crippen molar-refractivity contribution in [3.63, 3.8) is 0 Å². The van der Waals surface area contributed by atoms with Crippen LogP contribution in [0, 0.1) is 6.92 Å². The summed E-state index contributed by atoms with van der Waals surface area (Å²) in [6, 6.07) is 0.313. The van der Waals surface area contributed by atoms with E-state index in [2.05, 4.69) is 15.7 Å². The van der Waals surface area contributed by atoms with Gasteiger partial charge in [0.1, 0.15) is 5.60 Å². The van der Waals surface area contributed by atoms with E-state index in [9.17, 15) is 4.79 Å². The zero-order valence-electron chi connectivity index (χ0n) is 13.3. The number of likely N-dealkylation sites (tertiary alicyclic amines) is 1. The summed E-state index contributed by atoms with van der Waals surface area (Å²) in [5.74, 6) is 0. The van der Waals surface area contributed by atoms with E-state index in [1.165, 1.54) is 0 Å². The molecule has 21 heavy (non-hydrogen) atoms. The molecule has 118 valence electrons. The highest BCUT2D eigenvalue weighted by Crippen LogP contribution is 2.16. The van der Waals surface area contributed by atoms with Crippen molar-refractivity contribution in [3.8, 4) is 0 Å². The second kappa shape index (κ2) is 6.75. The molecule has 2 rings (SSSR count). The first-order valence-electron chi connectivity index (χ1n) is 7.46. The van der Waals surface area contributed by atoms with Crippen LogP contribution in [0.4, 0.5) is 4.79 Å². The fraction of sp³-hybridized carbons (Fsp3) is 0.733. The first-order valence-corrected chi connectivity index (χ1v) is 8.34. The van der Waals surface area contributed by atoms with E-state index in [0.29, 0.717) is 12.6 Å². The standard InChI is InChI=1S/C15H25N3O2S/c1-11-17-13(10-21-11)8-16-12-6-5-7-18(9-12)14(19)20-15(2,3)4/h10,12,16H,5-9H2,1-4H3/t12-/m0/s1. The normalized spacial score (nSPS) is 19.6. The van der Waals surface area contributed by atoms with E-state index in [0.717, 1.165) is 36.6 Å². The molecule has 0 aromatic carbocycles. The lowest BCUT2D eigenvalue weighted by Gasteiger charge is -2.34. The fourth-order valence-electron chi connectivity index (χ4n) is 2.37. The summed E-state index contributed by atoms with van der Waals surface area (Å²) in [5.41, 5.74) is 0.641. The van der Waals surface area contributed by atoms with Gasteiger partial charge in [0.05, 0.1) is 10.7 Å². The number of aromatic nitrogens is 1. The van der Waals surface area contributed by atoms with Crippen molar-refractivity contribution in [1.29, 1.82) is 0 Å². The Morgan fingerprint density at radius 2 is 2.33 bits per heavy atom. The first kappa shape index (κ1) is 16.2. The van der Waals surface area contributed by atoms with Crippen LogP contribution >= 0.6 is 11.3 Å². The van der Waals surface area contributed by atoms with Gasteiger partial charge in [0.25, 0.3) is 0 Å². The number of thiazole rings is 1. The highest BCUT2D eigenvalue weighted by molar-refractivity contribution is 7.09. The second-order valence-corrected chi connectivity index (χ2v) is 7.57. The summed E-state index contributed by atoms with van der Waals surface area (Å²) >= 11 is 1.67. The number of aryl methyl sites for hydroxylation is 1. The maximum atomic E-state index is 12.1. The van der Waals surface area contributed by atoms with Gasteiger partial charge in [-0.3, -0.25) is 0 Å². The van der Waals surface area contributed by atoms with Crippen LogP contribution in [0.3, 0.4) is 0 Å². The van der Waals surface area contributed by atoms with E-state index >= 15 is 0 Å². The molecule has 1 aliphatic rings. The summed E-state index contributed by atoms with van der Waals surface area (Å²) < 4.78 is 5.44. The molecule has 1 saturated heterocycles. The van der Waals surface area contributed by atoms with Gasteiger partial charge in [0, 0.05) is 31.1 Å². The van der Waals surface area contributed by atoms with Gasteiger partial charge in [-0.05, 0) is 40.5 Å². The van der Waals surface area contributed by atoms with Crippen LogP contribution in [0.1, 0.15) is 44.3 Å². The predicted octanol–water partition coefficient (Wildman–Crippen LogP) is 2.94. The summed E-state index contributed by atoms with van der Waals surface area (Å²) in [4.78, 5) is 18.4. The molecular formula is C15H25N3O2S. The van der Waals surface area contributed by atoms with Gasteiger partial charge in [0.2, 0.25) is 0 Å². The minimum atomic E-state index is -0.435. The summed E-state index contributed by atoms with van der Waals surface area (Å²) in [6.45, 7) is 9.95. The third kappa shape index (κ3) is 5.28. The Morgan fingerprint density at radius 1 is 1.57 bits per heavy atom. The van der Waals surface area contributed by atoms with Crippen LogP contribution < -0.4 is 5.32 Å². The molecule has 6 heteroatoms. The van der Waals surface area contributed by atoms with Gasteiger partial charge < -0.3 is 15.0 Å². The van der Waals surface area contributed by atoms with Gasteiger partial charge >= 0.3 is 6.09 Å². The van der Waals surface area contributed by atoms with Crippen LogP contribution in [-0.4, -0.2) is 40.7 Å². The van der Waals surface area contributed by atoms with Crippen molar-refractivity contribution in [2.75, 3.05) is 13.1 Å². The summed E-state index contributed by atoms with van der Waals surface area (Å²) in [7, 11) is 0. The molecule has 0 saturated carbocycles. The number of hydrogen-bond donors (Lipinski definition) is 1. The smallest absolute Gasteiger partial charge is 0.410 e. The molecule has 1 fully saturated rings. The lowest BCUT2D eigenvalue weighted by Crippen LogP contribution is -2.49. The topological polar surface area (TPSA) is 54.5 Å².